The van der Waals surface area contributed by atoms with E-state index < -0.39 is 0 Å². The summed E-state index contributed by atoms with van der Waals surface area (Å²) in [7, 11) is 1.67. The lowest BCUT2D eigenvalue weighted by Gasteiger charge is -2.12. The van der Waals surface area contributed by atoms with E-state index in [-0.39, 0.29) is 5.38 Å². The summed E-state index contributed by atoms with van der Waals surface area (Å²) >= 11 is 5.95. The van der Waals surface area contributed by atoms with Crippen LogP contribution in [0.15, 0.2) is 0 Å². The molecule has 0 amide bonds. The van der Waals surface area contributed by atoms with Crippen molar-refractivity contribution in [1.82, 2.24) is 5.32 Å². The standard InChI is InChI=1S/C9H18ClNO2/c1-12-7-9(10)5-11-4-8-2-3-13-6-8/h8-9,11H,2-7H2,1H3. The Bertz CT molecular complexity index is 129. The lowest BCUT2D eigenvalue weighted by molar-refractivity contribution is 0.183. The number of nitrogens with one attached hydrogen (secondary N) is 1. The molecule has 0 aromatic heterocycles. The average molecular weight is 208 g/mol. The molecule has 0 bridgehead atoms. The van der Waals surface area contributed by atoms with E-state index in [1.807, 2.05) is 0 Å². The van der Waals surface area contributed by atoms with Crippen LogP contribution in [0.4, 0.5) is 0 Å². The van der Waals surface area contributed by atoms with E-state index in [2.05, 4.69) is 5.32 Å². The Labute approximate surface area is 84.7 Å². The molecule has 0 spiro atoms. The number of hydrogen-bond donors (Lipinski definition) is 1. The van der Waals surface area contributed by atoms with Gasteiger partial charge in [0, 0.05) is 26.8 Å². The lowest BCUT2D eigenvalue weighted by atomic mass is 10.1. The van der Waals surface area contributed by atoms with Crippen LogP contribution in [0.1, 0.15) is 6.42 Å². The predicted molar refractivity (Wildman–Crippen MR) is 53.3 cm³/mol. The van der Waals surface area contributed by atoms with Crippen molar-refractivity contribution >= 4 is 11.6 Å². The normalized spacial score (nSPS) is 24.9. The van der Waals surface area contributed by atoms with Gasteiger partial charge in [-0.05, 0) is 12.3 Å². The number of hydrogen-bond acceptors (Lipinski definition) is 3. The van der Waals surface area contributed by atoms with Gasteiger partial charge in [-0.25, -0.2) is 0 Å². The molecule has 4 heteroatoms. The van der Waals surface area contributed by atoms with Crippen LogP contribution in [-0.4, -0.2) is 45.4 Å². The van der Waals surface area contributed by atoms with Crippen LogP contribution in [0.25, 0.3) is 0 Å². The fourth-order valence-corrected chi connectivity index (χ4v) is 1.66. The van der Waals surface area contributed by atoms with Gasteiger partial charge in [-0.1, -0.05) is 0 Å². The molecule has 1 rings (SSSR count). The van der Waals surface area contributed by atoms with E-state index >= 15 is 0 Å². The van der Waals surface area contributed by atoms with E-state index in [4.69, 9.17) is 21.1 Å². The molecule has 0 aromatic rings. The first-order valence-electron chi connectivity index (χ1n) is 4.74. The molecule has 3 nitrogen and oxygen atoms in total. The quantitative estimate of drug-likeness (QED) is 0.656. The minimum atomic E-state index is 0.0762. The third-order valence-corrected chi connectivity index (χ3v) is 2.45. The molecule has 78 valence electrons. The smallest absolute Gasteiger partial charge is 0.0693 e. The van der Waals surface area contributed by atoms with E-state index in [1.54, 1.807) is 7.11 Å². The first-order valence-corrected chi connectivity index (χ1v) is 5.18. The van der Waals surface area contributed by atoms with Crippen molar-refractivity contribution in [3.05, 3.63) is 0 Å². The minimum absolute atomic E-state index is 0.0762. The Hall–Kier alpha value is 0.170. The van der Waals surface area contributed by atoms with Gasteiger partial charge < -0.3 is 14.8 Å². The van der Waals surface area contributed by atoms with Gasteiger partial charge >= 0.3 is 0 Å². The summed E-state index contributed by atoms with van der Waals surface area (Å²) in [5, 5.41) is 3.40. The maximum absolute atomic E-state index is 5.95. The summed E-state index contributed by atoms with van der Waals surface area (Å²) in [5.74, 6) is 0.673. The van der Waals surface area contributed by atoms with Crippen LogP contribution in [-0.2, 0) is 9.47 Å². The second-order valence-electron chi connectivity index (χ2n) is 3.44. The molecule has 1 aliphatic rings. The zero-order valence-corrected chi connectivity index (χ0v) is 8.85. The van der Waals surface area contributed by atoms with Crippen LogP contribution in [0.3, 0.4) is 0 Å². The largest absolute Gasteiger partial charge is 0.383 e. The Morgan fingerprint density at radius 3 is 3.15 bits per heavy atom. The van der Waals surface area contributed by atoms with Crippen LogP contribution in [0.5, 0.6) is 0 Å². The van der Waals surface area contributed by atoms with Gasteiger partial charge in [-0.3, -0.25) is 0 Å². The van der Waals surface area contributed by atoms with Gasteiger partial charge in [-0.15, -0.1) is 11.6 Å². The van der Waals surface area contributed by atoms with Gasteiger partial charge in [0.2, 0.25) is 0 Å². The number of halogens is 1. The maximum atomic E-state index is 5.95. The summed E-state index contributed by atoms with van der Waals surface area (Å²) in [6.07, 6.45) is 1.17. The summed E-state index contributed by atoms with van der Waals surface area (Å²) in [6, 6.07) is 0. The molecule has 0 radical (unpaired) electrons. The third kappa shape index (κ3) is 4.81. The molecule has 0 aromatic carbocycles. The highest BCUT2D eigenvalue weighted by atomic mass is 35.5. The summed E-state index contributed by atoms with van der Waals surface area (Å²) < 4.78 is 10.2. The Kier molecular flexibility index (Phi) is 5.71. The molecule has 1 aliphatic heterocycles. The van der Waals surface area contributed by atoms with Gasteiger partial charge in [0.25, 0.3) is 0 Å². The van der Waals surface area contributed by atoms with Gasteiger partial charge in [0.05, 0.1) is 18.6 Å². The molecule has 0 saturated carbocycles. The third-order valence-electron chi connectivity index (χ3n) is 2.17. The fraction of sp³-hybridized carbons (Fsp3) is 1.00. The van der Waals surface area contributed by atoms with Gasteiger partial charge in [-0.2, -0.15) is 0 Å². The Morgan fingerprint density at radius 2 is 2.54 bits per heavy atom. The van der Waals surface area contributed by atoms with Gasteiger partial charge in [0.15, 0.2) is 0 Å². The first kappa shape index (κ1) is 11.2. The molecule has 0 aliphatic carbocycles. The van der Waals surface area contributed by atoms with Crippen LogP contribution in [0, 0.1) is 5.92 Å². The van der Waals surface area contributed by atoms with Crippen LogP contribution >= 0.6 is 11.6 Å². The molecule has 1 N–H and O–H groups in total. The molecule has 1 saturated heterocycles. The van der Waals surface area contributed by atoms with E-state index in [1.165, 1.54) is 6.42 Å². The molecule has 13 heavy (non-hydrogen) atoms. The Morgan fingerprint density at radius 1 is 1.69 bits per heavy atom. The topological polar surface area (TPSA) is 30.5 Å². The molecule has 2 atom stereocenters. The summed E-state index contributed by atoms with van der Waals surface area (Å²) in [5.41, 5.74) is 0. The highest BCUT2D eigenvalue weighted by Crippen LogP contribution is 2.10. The fourth-order valence-electron chi connectivity index (χ4n) is 1.43. The zero-order chi connectivity index (χ0) is 9.52. The summed E-state index contributed by atoms with van der Waals surface area (Å²) in [6.45, 7) is 4.23. The predicted octanol–water partition coefficient (Wildman–Crippen LogP) is 0.866. The Balaban J connectivity index is 1.93. The number of ether oxygens (including phenoxy) is 2. The van der Waals surface area contributed by atoms with Crippen LogP contribution < -0.4 is 5.32 Å². The number of rotatable bonds is 6. The highest BCUT2D eigenvalue weighted by molar-refractivity contribution is 6.20. The molecule has 1 fully saturated rings. The summed E-state index contributed by atoms with van der Waals surface area (Å²) in [4.78, 5) is 0. The monoisotopic (exact) mass is 207 g/mol. The van der Waals surface area contributed by atoms with Crippen molar-refractivity contribution in [1.29, 1.82) is 0 Å². The maximum Gasteiger partial charge on any atom is 0.0693 e. The first-order chi connectivity index (χ1) is 6.33. The minimum Gasteiger partial charge on any atom is -0.383 e. The molecule has 2 unspecified atom stereocenters. The van der Waals surface area contributed by atoms with Gasteiger partial charge in [0.1, 0.15) is 0 Å². The average Bonchev–Trinajstić information content (AvgIpc) is 2.57. The molecular weight excluding hydrogens is 190 g/mol. The SMILES string of the molecule is COCC(Cl)CNCC1CCOC1. The second-order valence-corrected chi connectivity index (χ2v) is 4.06. The number of methoxy groups -OCH3 is 1. The molecule has 1 heterocycles. The van der Waals surface area contributed by atoms with Crippen LogP contribution in [0.2, 0.25) is 0 Å². The van der Waals surface area contributed by atoms with Crippen molar-refractivity contribution in [3.63, 3.8) is 0 Å². The second kappa shape index (κ2) is 6.60. The van der Waals surface area contributed by atoms with Crippen molar-refractivity contribution < 1.29 is 9.47 Å². The number of alkyl halides is 1. The van der Waals surface area contributed by atoms with Crippen molar-refractivity contribution in [2.24, 2.45) is 5.92 Å². The van der Waals surface area contributed by atoms with E-state index in [9.17, 15) is 0 Å². The zero-order valence-electron chi connectivity index (χ0n) is 8.09. The van der Waals surface area contributed by atoms with Crippen molar-refractivity contribution in [2.75, 3.05) is 40.0 Å². The lowest BCUT2D eigenvalue weighted by Crippen LogP contribution is -2.30. The molecular formula is C9H18ClNO2. The van der Waals surface area contributed by atoms with E-state index in [0.29, 0.717) is 12.5 Å². The highest BCUT2D eigenvalue weighted by Gasteiger charge is 2.15. The van der Waals surface area contributed by atoms with Crippen molar-refractivity contribution in [3.8, 4) is 0 Å². The van der Waals surface area contributed by atoms with E-state index in [0.717, 1.165) is 26.3 Å². The van der Waals surface area contributed by atoms with Crippen molar-refractivity contribution in [2.45, 2.75) is 11.8 Å².